The molecular weight excluding hydrogens is 414 g/mol. The monoisotopic (exact) mass is 449 g/mol. The second-order valence-corrected chi connectivity index (χ2v) is 9.18. The molecule has 3 amide bonds. The summed E-state index contributed by atoms with van der Waals surface area (Å²) in [5.41, 5.74) is 3.08. The maximum absolute atomic E-state index is 12.8. The van der Waals surface area contributed by atoms with E-state index in [4.69, 9.17) is 0 Å². The maximum Gasteiger partial charge on any atom is 0.321 e. The van der Waals surface area contributed by atoms with Gasteiger partial charge in [-0.15, -0.1) is 0 Å². The standard InChI is InChI=1S/C26H35N5O2/c1-28-16-18-31(19-17-28)25(32)20-30-14-12-24(13-15-30)29(2)26(33)27-23-10-8-22(9-11-23)21-6-4-3-5-7-21/h3-11,24H,12-20H2,1-2H3,(H,27,33). The topological polar surface area (TPSA) is 59.1 Å². The van der Waals surface area contributed by atoms with Gasteiger partial charge in [-0.1, -0.05) is 42.5 Å². The third kappa shape index (κ3) is 6.12. The number of urea groups is 1. The van der Waals surface area contributed by atoms with E-state index in [1.807, 2.05) is 59.3 Å². The summed E-state index contributed by atoms with van der Waals surface area (Å²) in [5.74, 6) is 0.228. The van der Waals surface area contributed by atoms with Crippen molar-refractivity contribution in [2.24, 2.45) is 0 Å². The number of amides is 3. The quantitative estimate of drug-likeness (QED) is 0.762. The van der Waals surface area contributed by atoms with Crippen LogP contribution in [0.3, 0.4) is 0 Å². The number of carbonyl (C=O) groups is 2. The van der Waals surface area contributed by atoms with E-state index in [-0.39, 0.29) is 18.0 Å². The molecule has 0 radical (unpaired) electrons. The molecule has 0 bridgehead atoms. The number of likely N-dealkylation sites (tertiary alicyclic amines) is 1. The molecule has 0 spiro atoms. The summed E-state index contributed by atoms with van der Waals surface area (Å²) in [6.07, 6.45) is 1.76. The van der Waals surface area contributed by atoms with Gasteiger partial charge in [0.2, 0.25) is 5.91 Å². The number of hydrogen-bond acceptors (Lipinski definition) is 4. The van der Waals surface area contributed by atoms with Gasteiger partial charge < -0.3 is 20.0 Å². The van der Waals surface area contributed by atoms with Crippen molar-refractivity contribution >= 4 is 17.6 Å². The van der Waals surface area contributed by atoms with Gasteiger partial charge in [0.15, 0.2) is 0 Å². The molecule has 0 aromatic heterocycles. The van der Waals surface area contributed by atoms with E-state index in [9.17, 15) is 9.59 Å². The van der Waals surface area contributed by atoms with Gasteiger partial charge in [0.1, 0.15) is 0 Å². The number of hydrogen-bond donors (Lipinski definition) is 1. The fourth-order valence-corrected chi connectivity index (χ4v) is 4.57. The van der Waals surface area contributed by atoms with Gasteiger partial charge >= 0.3 is 6.03 Å². The van der Waals surface area contributed by atoms with E-state index in [1.165, 1.54) is 0 Å². The van der Waals surface area contributed by atoms with E-state index in [0.29, 0.717) is 6.54 Å². The smallest absolute Gasteiger partial charge is 0.321 e. The number of piperazine rings is 1. The lowest BCUT2D eigenvalue weighted by atomic mass is 10.0. The molecule has 7 heteroatoms. The molecule has 0 unspecified atom stereocenters. The van der Waals surface area contributed by atoms with Gasteiger partial charge in [-0.05, 0) is 43.1 Å². The Morgan fingerprint density at radius 1 is 0.879 bits per heavy atom. The number of anilines is 1. The average Bonchev–Trinajstić information content (AvgIpc) is 2.85. The van der Waals surface area contributed by atoms with Crippen LogP contribution >= 0.6 is 0 Å². The molecule has 2 aromatic rings. The minimum atomic E-state index is -0.0885. The van der Waals surface area contributed by atoms with Crippen LogP contribution in [0.4, 0.5) is 10.5 Å². The highest BCUT2D eigenvalue weighted by atomic mass is 16.2. The highest BCUT2D eigenvalue weighted by Crippen LogP contribution is 2.22. The maximum atomic E-state index is 12.8. The van der Waals surface area contributed by atoms with Crippen molar-refractivity contribution in [1.82, 2.24) is 19.6 Å². The Bertz CT molecular complexity index is 917. The van der Waals surface area contributed by atoms with Crippen LogP contribution in [0.2, 0.25) is 0 Å². The van der Waals surface area contributed by atoms with Gasteiger partial charge in [-0.2, -0.15) is 0 Å². The number of likely N-dealkylation sites (N-methyl/N-ethyl adjacent to an activating group) is 1. The molecule has 33 heavy (non-hydrogen) atoms. The number of carbonyl (C=O) groups excluding carboxylic acids is 2. The van der Waals surface area contributed by atoms with Crippen molar-refractivity contribution in [3.8, 4) is 11.1 Å². The van der Waals surface area contributed by atoms with E-state index in [2.05, 4.69) is 34.3 Å². The molecule has 4 rings (SSSR count). The molecule has 2 aliphatic heterocycles. The van der Waals surface area contributed by atoms with Crippen LogP contribution in [-0.2, 0) is 4.79 Å². The molecule has 2 fully saturated rings. The Morgan fingerprint density at radius 2 is 1.48 bits per heavy atom. The Labute approximate surface area is 196 Å². The molecular formula is C26H35N5O2. The summed E-state index contributed by atoms with van der Waals surface area (Å²) < 4.78 is 0. The summed E-state index contributed by atoms with van der Waals surface area (Å²) in [6.45, 7) is 5.70. The fraction of sp³-hybridized carbons (Fsp3) is 0.462. The van der Waals surface area contributed by atoms with E-state index < -0.39 is 0 Å². The summed E-state index contributed by atoms with van der Waals surface area (Å²) in [5, 5.41) is 3.02. The van der Waals surface area contributed by atoms with Gasteiger partial charge in [-0.3, -0.25) is 9.69 Å². The van der Waals surface area contributed by atoms with Crippen molar-refractivity contribution < 1.29 is 9.59 Å². The highest BCUT2D eigenvalue weighted by molar-refractivity contribution is 5.89. The second-order valence-electron chi connectivity index (χ2n) is 9.18. The van der Waals surface area contributed by atoms with Gasteiger partial charge in [0, 0.05) is 58.0 Å². The average molecular weight is 450 g/mol. The van der Waals surface area contributed by atoms with E-state index >= 15 is 0 Å². The van der Waals surface area contributed by atoms with E-state index in [0.717, 1.165) is 68.9 Å². The SMILES string of the molecule is CN1CCN(C(=O)CN2CCC(N(C)C(=O)Nc3ccc(-c4ccccc4)cc3)CC2)CC1. The lowest BCUT2D eigenvalue weighted by molar-refractivity contribution is -0.134. The van der Waals surface area contributed by atoms with Crippen molar-refractivity contribution in [1.29, 1.82) is 0 Å². The minimum Gasteiger partial charge on any atom is -0.339 e. The zero-order chi connectivity index (χ0) is 23.2. The first kappa shape index (κ1) is 23.3. The number of piperidine rings is 1. The normalized spacial score (nSPS) is 18.2. The van der Waals surface area contributed by atoms with Crippen molar-refractivity contribution in [3.05, 3.63) is 54.6 Å². The summed E-state index contributed by atoms with van der Waals surface area (Å²) in [7, 11) is 3.96. The Hall–Kier alpha value is -2.90. The summed E-state index contributed by atoms with van der Waals surface area (Å²) >= 11 is 0. The zero-order valence-electron chi connectivity index (χ0n) is 19.7. The Balaban J connectivity index is 1.22. The number of benzene rings is 2. The molecule has 1 N–H and O–H groups in total. The molecule has 0 atom stereocenters. The molecule has 2 heterocycles. The van der Waals surface area contributed by atoms with Crippen LogP contribution < -0.4 is 5.32 Å². The predicted octanol–water partition coefficient (Wildman–Crippen LogP) is 3.06. The molecule has 0 saturated carbocycles. The predicted molar refractivity (Wildman–Crippen MR) is 132 cm³/mol. The van der Waals surface area contributed by atoms with Crippen LogP contribution in [0.15, 0.2) is 54.6 Å². The van der Waals surface area contributed by atoms with Crippen LogP contribution in [0, 0.1) is 0 Å². The third-order valence-electron chi connectivity index (χ3n) is 6.88. The Kier molecular flexibility index (Phi) is 7.62. The third-order valence-corrected chi connectivity index (χ3v) is 6.88. The first-order valence-electron chi connectivity index (χ1n) is 11.9. The zero-order valence-corrected chi connectivity index (χ0v) is 19.7. The van der Waals surface area contributed by atoms with Gasteiger partial charge in [0.05, 0.1) is 6.54 Å². The van der Waals surface area contributed by atoms with E-state index in [1.54, 1.807) is 0 Å². The van der Waals surface area contributed by atoms with Gasteiger partial charge in [0.25, 0.3) is 0 Å². The van der Waals surface area contributed by atoms with Crippen molar-refractivity contribution in [2.45, 2.75) is 18.9 Å². The molecule has 176 valence electrons. The lowest BCUT2D eigenvalue weighted by Crippen LogP contribution is -2.52. The Morgan fingerprint density at radius 3 is 2.12 bits per heavy atom. The van der Waals surface area contributed by atoms with Crippen molar-refractivity contribution in [2.75, 3.05) is 65.2 Å². The van der Waals surface area contributed by atoms with Crippen LogP contribution in [0.5, 0.6) is 0 Å². The number of rotatable bonds is 5. The molecule has 2 aliphatic rings. The number of nitrogens with one attached hydrogen (secondary N) is 1. The largest absolute Gasteiger partial charge is 0.339 e. The summed E-state index contributed by atoms with van der Waals surface area (Å²) in [4.78, 5) is 33.7. The molecule has 2 saturated heterocycles. The highest BCUT2D eigenvalue weighted by Gasteiger charge is 2.28. The molecule has 2 aromatic carbocycles. The van der Waals surface area contributed by atoms with Gasteiger partial charge in [-0.25, -0.2) is 4.79 Å². The van der Waals surface area contributed by atoms with Crippen LogP contribution in [0.1, 0.15) is 12.8 Å². The second kappa shape index (κ2) is 10.8. The molecule has 0 aliphatic carbocycles. The summed E-state index contributed by atoms with van der Waals surface area (Å²) in [6, 6.07) is 18.2. The lowest BCUT2D eigenvalue weighted by Gasteiger charge is -2.38. The first-order chi connectivity index (χ1) is 16.0. The van der Waals surface area contributed by atoms with Crippen LogP contribution in [-0.4, -0.2) is 97.5 Å². The minimum absolute atomic E-state index is 0.0885. The fourth-order valence-electron chi connectivity index (χ4n) is 4.57. The first-order valence-corrected chi connectivity index (χ1v) is 11.9. The number of nitrogens with zero attached hydrogens (tertiary/aromatic N) is 4. The van der Waals surface area contributed by atoms with Crippen molar-refractivity contribution in [3.63, 3.8) is 0 Å². The van der Waals surface area contributed by atoms with Crippen LogP contribution in [0.25, 0.3) is 11.1 Å². The molecule has 7 nitrogen and oxygen atoms in total.